The minimum absolute atomic E-state index is 0.00384. The number of hydrogen-bond donors (Lipinski definition) is 0. The highest BCUT2D eigenvalue weighted by molar-refractivity contribution is 6.04. The lowest BCUT2D eigenvalue weighted by atomic mass is 9.84. The molecular formula is C24H31N3O4. The molecule has 0 radical (unpaired) electrons. The smallest absolute Gasteiger partial charge is 0.355 e. The lowest BCUT2D eigenvalue weighted by Gasteiger charge is -2.31. The predicted octanol–water partition coefficient (Wildman–Crippen LogP) is 3.27. The van der Waals surface area contributed by atoms with Crippen LogP contribution < -0.4 is 0 Å². The molecule has 0 atom stereocenters. The highest BCUT2D eigenvalue weighted by Crippen LogP contribution is 2.29. The maximum atomic E-state index is 13.3. The van der Waals surface area contributed by atoms with Gasteiger partial charge < -0.3 is 14.2 Å². The van der Waals surface area contributed by atoms with E-state index in [4.69, 9.17) is 4.74 Å². The lowest BCUT2D eigenvalue weighted by molar-refractivity contribution is -0.137. The number of amides is 1. The van der Waals surface area contributed by atoms with Crippen molar-refractivity contribution in [1.29, 1.82) is 0 Å². The van der Waals surface area contributed by atoms with Crippen molar-refractivity contribution in [2.45, 2.75) is 46.5 Å². The molecule has 166 valence electrons. The number of pyridine rings is 1. The van der Waals surface area contributed by atoms with E-state index in [1.54, 1.807) is 36.6 Å². The van der Waals surface area contributed by atoms with Crippen molar-refractivity contribution >= 4 is 17.7 Å². The van der Waals surface area contributed by atoms with Crippen LogP contribution in [0.2, 0.25) is 0 Å². The molecule has 7 heteroatoms. The van der Waals surface area contributed by atoms with E-state index in [1.807, 2.05) is 25.1 Å². The van der Waals surface area contributed by atoms with Gasteiger partial charge in [-0.2, -0.15) is 0 Å². The second kappa shape index (κ2) is 9.90. The van der Waals surface area contributed by atoms with Gasteiger partial charge in [0.15, 0.2) is 5.78 Å². The molecule has 2 aromatic rings. The van der Waals surface area contributed by atoms with Gasteiger partial charge in [-0.25, -0.2) is 4.79 Å². The summed E-state index contributed by atoms with van der Waals surface area (Å²) in [6.45, 7) is 6.03. The molecule has 1 aliphatic carbocycles. The number of hydrogen-bond acceptors (Lipinski definition) is 5. The summed E-state index contributed by atoms with van der Waals surface area (Å²) in [7, 11) is 1.75. The van der Waals surface area contributed by atoms with Crippen LogP contribution in [0.3, 0.4) is 0 Å². The number of carbonyl (C=O) groups excluding carboxylic acids is 3. The Balaban J connectivity index is 1.82. The molecule has 1 aliphatic rings. The Morgan fingerprint density at radius 1 is 1.23 bits per heavy atom. The van der Waals surface area contributed by atoms with Crippen LogP contribution in [0.25, 0.3) is 0 Å². The number of ketones is 1. The Kier molecular flexibility index (Phi) is 7.25. The van der Waals surface area contributed by atoms with Crippen molar-refractivity contribution in [2.75, 3.05) is 19.7 Å². The number of ether oxygens (including phenoxy) is 1. The first-order valence-electron chi connectivity index (χ1n) is 10.9. The van der Waals surface area contributed by atoms with Crippen LogP contribution in [0, 0.1) is 19.8 Å². The second-order valence-corrected chi connectivity index (χ2v) is 8.10. The summed E-state index contributed by atoms with van der Waals surface area (Å²) in [5.41, 5.74) is 3.07. The van der Waals surface area contributed by atoms with Crippen molar-refractivity contribution in [3.8, 4) is 0 Å². The zero-order valence-electron chi connectivity index (χ0n) is 18.8. The third kappa shape index (κ3) is 4.86. The maximum Gasteiger partial charge on any atom is 0.355 e. The average molecular weight is 426 g/mol. The van der Waals surface area contributed by atoms with E-state index in [9.17, 15) is 14.4 Å². The van der Waals surface area contributed by atoms with Crippen LogP contribution in [0.1, 0.15) is 64.0 Å². The fourth-order valence-corrected chi connectivity index (χ4v) is 4.11. The van der Waals surface area contributed by atoms with Gasteiger partial charge in [-0.3, -0.25) is 14.6 Å². The summed E-state index contributed by atoms with van der Waals surface area (Å²) in [6, 6.07) is 5.69. The third-order valence-corrected chi connectivity index (χ3v) is 6.14. The van der Waals surface area contributed by atoms with E-state index in [2.05, 4.69) is 4.98 Å². The van der Waals surface area contributed by atoms with Crippen molar-refractivity contribution in [3.05, 3.63) is 52.6 Å². The van der Waals surface area contributed by atoms with Crippen LogP contribution in [-0.2, 0) is 23.0 Å². The third-order valence-electron chi connectivity index (χ3n) is 6.14. The molecule has 0 unspecified atom stereocenters. The van der Waals surface area contributed by atoms with Gasteiger partial charge in [-0.1, -0.05) is 12.5 Å². The van der Waals surface area contributed by atoms with Crippen molar-refractivity contribution in [2.24, 2.45) is 13.0 Å². The molecule has 0 bridgehead atoms. The van der Waals surface area contributed by atoms with Crippen molar-refractivity contribution in [1.82, 2.24) is 14.5 Å². The van der Waals surface area contributed by atoms with Gasteiger partial charge in [-0.15, -0.1) is 0 Å². The molecule has 0 aliphatic heterocycles. The Morgan fingerprint density at radius 3 is 2.55 bits per heavy atom. The minimum Gasteiger partial charge on any atom is -0.461 e. The Bertz CT molecular complexity index is 961. The molecule has 0 spiro atoms. The normalized spacial score (nSPS) is 13.5. The van der Waals surface area contributed by atoms with E-state index in [0.29, 0.717) is 35.5 Å². The monoisotopic (exact) mass is 425 g/mol. The standard InChI is InChI=1S/C24H31N3O4/c1-5-31-24(30)22-16(2)21(17(3)26(22)4)20(28)15-27(23(29)18-9-8-10-18)14-12-19-11-6-7-13-25-19/h6-7,11,13,18H,5,8-10,12,14-15H2,1-4H3. The molecule has 0 N–H and O–H groups in total. The molecule has 2 aromatic heterocycles. The number of esters is 1. The van der Waals surface area contributed by atoms with E-state index in [0.717, 1.165) is 25.0 Å². The first kappa shape index (κ1) is 22.7. The van der Waals surface area contributed by atoms with E-state index in [-0.39, 0.29) is 30.8 Å². The topological polar surface area (TPSA) is 81.5 Å². The molecule has 2 heterocycles. The van der Waals surface area contributed by atoms with Gasteiger partial charge in [0.05, 0.1) is 13.2 Å². The fraction of sp³-hybridized carbons (Fsp3) is 0.500. The molecular weight excluding hydrogens is 394 g/mol. The molecule has 0 aromatic carbocycles. The van der Waals surface area contributed by atoms with Gasteiger partial charge in [0.25, 0.3) is 0 Å². The second-order valence-electron chi connectivity index (χ2n) is 8.10. The van der Waals surface area contributed by atoms with Gasteiger partial charge in [0, 0.05) is 49.1 Å². The van der Waals surface area contributed by atoms with E-state index >= 15 is 0 Å². The number of Topliss-reactive ketones (excluding diaryl/α,β-unsaturated/α-hetero) is 1. The first-order chi connectivity index (χ1) is 14.8. The number of carbonyl (C=O) groups is 3. The van der Waals surface area contributed by atoms with Gasteiger partial charge in [0.2, 0.25) is 5.91 Å². The molecule has 0 saturated heterocycles. The first-order valence-corrected chi connectivity index (χ1v) is 10.9. The molecule has 1 fully saturated rings. The van der Waals surface area contributed by atoms with E-state index < -0.39 is 5.97 Å². The van der Waals surface area contributed by atoms with Crippen LogP contribution in [-0.4, -0.2) is 51.8 Å². The summed E-state index contributed by atoms with van der Waals surface area (Å²) in [5.74, 6) is -0.561. The Morgan fingerprint density at radius 2 is 1.97 bits per heavy atom. The predicted molar refractivity (Wildman–Crippen MR) is 117 cm³/mol. The zero-order chi connectivity index (χ0) is 22.5. The number of rotatable bonds is 9. The Hall–Kier alpha value is -2.96. The average Bonchev–Trinajstić information content (AvgIpc) is 2.93. The summed E-state index contributed by atoms with van der Waals surface area (Å²) < 4.78 is 6.86. The fourth-order valence-electron chi connectivity index (χ4n) is 4.11. The van der Waals surface area contributed by atoms with Crippen LogP contribution >= 0.6 is 0 Å². The van der Waals surface area contributed by atoms with Gasteiger partial charge >= 0.3 is 5.97 Å². The molecule has 7 nitrogen and oxygen atoms in total. The molecule has 31 heavy (non-hydrogen) atoms. The van der Waals surface area contributed by atoms with Crippen molar-refractivity contribution in [3.63, 3.8) is 0 Å². The molecule has 3 rings (SSSR count). The SMILES string of the molecule is CCOC(=O)c1c(C)c(C(=O)CN(CCc2ccccn2)C(=O)C2CCC2)c(C)n1C. The summed E-state index contributed by atoms with van der Waals surface area (Å²) >= 11 is 0. The molecule has 1 saturated carbocycles. The van der Waals surface area contributed by atoms with Gasteiger partial charge in [-0.05, 0) is 51.3 Å². The minimum atomic E-state index is -0.442. The highest BCUT2D eigenvalue weighted by Gasteiger charge is 2.32. The van der Waals surface area contributed by atoms with Crippen LogP contribution in [0.5, 0.6) is 0 Å². The lowest BCUT2D eigenvalue weighted by Crippen LogP contribution is -2.43. The summed E-state index contributed by atoms with van der Waals surface area (Å²) in [6.07, 6.45) is 5.13. The van der Waals surface area contributed by atoms with Crippen LogP contribution in [0.15, 0.2) is 24.4 Å². The van der Waals surface area contributed by atoms with Crippen LogP contribution in [0.4, 0.5) is 0 Å². The number of aromatic nitrogens is 2. The summed E-state index contributed by atoms with van der Waals surface area (Å²) in [4.78, 5) is 44.7. The summed E-state index contributed by atoms with van der Waals surface area (Å²) in [5, 5.41) is 0. The highest BCUT2D eigenvalue weighted by atomic mass is 16.5. The number of nitrogens with zero attached hydrogens (tertiary/aromatic N) is 3. The maximum absolute atomic E-state index is 13.3. The van der Waals surface area contributed by atoms with Gasteiger partial charge in [0.1, 0.15) is 5.69 Å². The van der Waals surface area contributed by atoms with E-state index in [1.165, 1.54) is 0 Å². The quantitative estimate of drug-likeness (QED) is 0.455. The zero-order valence-corrected chi connectivity index (χ0v) is 18.8. The van der Waals surface area contributed by atoms with Crippen molar-refractivity contribution < 1.29 is 19.1 Å². The molecule has 1 amide bonds. The Labute approximate surface area is 183 Å². The largest absolute Gasteiger partial charge is 0.461 e.